The molecule has 9 nitrogen and oxygen atoms in total. The fourth-order valence-electron chi connectivity index (χ4n) is 3.44. The minimum Gasteiger partial charge on any atom is -0.481 e. The van der Waals surface area contributed by atoms with Crippen LogP contribution in [0.15, 0.2) is 4.52 Å². The van der Waals surface area contributed by atoms with E-state index in [0.29, 0.717) is 12.3 Å². The number of nitrogens with zero attached hydrogens (tertiary/aromatic N) is 2. The Labute approximate surface area is 165 Å². The molecule has 1 atom stereocenters. The fraction of sp³-hybridized carbons (Fsp3) is 0.778. The Morgan fingerprint density at radius 3 is 2.54 bits per heavy atom. The van der Waals surface area contributed by atoms with Gasteiger partial charge in [0.25, 0.3) is 5.82 Å². The smallest absolute Gasteiger partial charge is 0.306 e. The molecule has 1 heterocycles. The van der Waals surface area contributed by atoms with E-state index < -0.39 is 38.9 Å². The number of carbonyl (C=O) groups excluding carboxylic acids is 1. The molecule has 1 amide bonds. The van der Waals surface area contributed by atoms with Crippen LogP contribution in [0.5, 0.6) is 0 Å². The highest BCUT2D eigenvalue weighted by atomic mass is 32.2. The number of carbonyl (C=O) groups is 2. The van der Waals surface area contributed by atoms with E-state index in [1.165, 1.54) is 46.0 Å². The maximum Gasteiger partial charge on any atom is 0.306 e. The van der Waals surface area contributed by atoms with Crippen molar-refractivity contribution in [3.8, 4) is 0 Å². The molecule has 1 aliphatic carbocycles. The molecule has 0 aliphatic heterocycles. The molecule has 28 heavy (non-hydrogen) atoms. The number of hydrogen-bond acceptors (Lipinski definition) is 7. The van der Waals surface area contributed by atoms with Gasteiger partial charge in [-0.15, -0.1) is 0 Å². The Kier molecular flexibility index (Phi) is 7.97. The summed E-state index contributed by atoms with van der Waals surface area (Å²) in [7, 11) is -3.82. The number of carboxylic acids is 1. The van der Waals surface area contributed by atoms with Gasteiger partial charge in [0.2, 0.25) is 15.9 Å². The predicted molar refractivity (Wildman–Crippen MR) is 101 cm³/mol. The zero-order valence-corrected chi connectivity index (χ0v) is 17.2. The van der Waals surface area contributed by atoms with Crippen molar-refractivity contribution >= 4 is 21.9 Å². The molecule has 0 unspecified atom stereocenters. The van der Waals surface area contributed by atoms with Gasteiger partial charge in [-0.25, -0.2) is 13.1 Å². The average Bonchev–Trinajstić information content (AvgIpc) is 3.11. The molecular weight excluding hydrogens is 386 g/mol. The lowest BCUT2D eigenvalue weighted by Gasteiger charge is -2.21. The van der Waals surface area contributed by atoms with Crippen LogP contribution in [0.1, 0.15) is 94.1 Å². The van der Waals surface area contributed by atoms with Gasteiger partial charge in [0.15, 0.2) is 0 Å². The van der Waals surface area contributed by atoms with Crippen molar-refractivity contribution in [3.63, 3.8) is 0 Å². The van der Waals surface area contributed by atoms with Crippen LogP contribution in [0.2, 0.25) is 0 Å². The molecule has 1 aromatic rings. The summed E-state index contributed by atoms with van der Waals surface area (Å²) in [5.41, 5.74) is 0. The standard InChI is InChI=1S/C18H29N3O6S/c1-12(2)28(25,26)21-17(24)16-19-18(27-20-16)14(11-15(22)23)10-6-9-13-7-4-3-5-8-13/h12-14H,3-11H2,1-2H3,(H,21,24)(H,22,23)/t14-/m1/s1. The van der Waals surface area contributed by atoms with E-state index in [-0.39, 0.29) is 12.3 Å². The SMILES string of the molecule is CC(C)S(=O)(=O)NC(=O)c1noc([C@H](CCCC2CCCCC2)CC(=O)O)n1. The largest absolute Gasteiger partial charge is 0.481 e. The van der Waals surface area contributed by atoms with Crippen molar-refractivity contribution in [3.05, 3.63) is 11.7 Å². The van der Waals surface area contributed by atoms with Crippen LogP contribution in [0.3, 0.4) is 0 Å². The van der Waals surface area contributed by atoms with Crippen molar-refractivity contribution in [1.82, 2.24) is 14.9 Å². The van der Waals surface area contributed by atoms with Crippen LogP contribution in [-0.2, 0) is 14.8 Å². The summed E-state index contributed by atoms with van der Waals surface area (Å²) in [6.07, 6.45) is 8.50. The third-order valence-corrected chi connectivity index (χ3v) is 6.87. The maximum absolute atomic E-state index is 12.1. The van der Waals surface area contributed by atoms with Crippen molar-refractivity contribution in [2.45, 2.75) is 82.8 Å². The molecule has 158 valence electrons. The lowest BCUT2D eigenvalue weighted by molar-refractivity contribution is -0.137. The monoisotopic (exact) mass is 415 g/mol. The van der Waals surface area contributed by atoms with E-state index in [0.717, 1.165) is 12.8 Å². The molecule has 1 saturated carbocycles. The Morgan fingerprint density at radius 2 is 1.93 bits per heavy atom. The number of aliphatic carboxylic acids is 1. The first-order valence-electron chi connectivity index (χ1n) is 9.80. The first-order chi connectivity index (χ1) is 13.2. The molecule has 0 aromatic carbocycles. The second-order valence-electron chi connectivity index (χ2n) is 7.71. The van der Waals surface area contributed by atoms with Crippen molar-refractivity contribution < 1.29 is 27.6 Å². The number of sulfonamides is 1. The summed E-state index contributed by atoms with van der Waals surface area (Å²) in [6, 6.07) is 0. The number of carboxylic acid groups (broad SMARTS) is 1. The van der Waals surface area contributed by atoms with Gasteiger partial charge in [0.05, 0.1) is 11.7 Å². The Morgan fingerprint density at radius 1 is 1.25 bits per heavy atom. The summed E-state index contributed by atoms with van der Waals surface area (Å²) < 4.78 is 30.6. The van der Waals surface area contributed by atoms with E-state index in [1.807, 2.05) is 4.72 Å². The molecule has 0 spiro atoms. The van der Waals surface area contributed by atoms with Crippen LogP contribution in [0.4, 0.5) is 0 Å². The Bertz CT molecular complexity index is 768. The second kappa shape index (κ2) is 9.99. The summed E-state index contributed by atoms with van der Waals surface area (Å²) in [5, 5.41) is 11.9. The van der Waals surface area contributed by atoms with Gasteiger partial charge in [0, 0.05) is 5.92 Å². The van der Waals surface area contributed by atoms with E-state index in [4.69, 9.17) is 4.52 Å². The Hall–Kier alpha value is -1.97. The molecule has 1 aliphatic rings. The Balaban J connectivity index is 1.99. The zero-order valence-electron chi connectivity index (χ0n) is 16.4. The van der Waals surface area contributed by atoms with Gasteiger partial charge in [0.1, 0.15) is 0 Å². The highest BCUT2D eigenvalue weighted by molar-refractivity contribution is 7.90. The summed E-state index contributed by atoms with van der Waals surface area (Å²) in [5.74, 6) is -2.16. The van der Waals surface area contributed by atoms with Gasteiger partial charge in [-0.2, -0.15) is 4.98 Å². The van der Waals surface area contributed by atoms with Crippen LogP contribution in [0.25, 0.3) is 0 Å². The number of rotatable bonds is 10. The summed E-state index contributed by atoms with van der Waals surface area (Å²) >= 11 is 0. The molecule has 2 N–H and O–H groups in total. The van der Waals surface area contributed by atoms with Gasteiger partial charge in [-0.05, 0) is 26.2 Å². The minimum atomic E-state index is -3.82. The number of nitrogens with one attached hydrogen (secondary N) is 1. The van der Waals surface area contributed by atoms with E-state index in [2.05, 4.69) is 10.1 Å². The number of hydrogen-bond donors (Lipinski definition) is 2. The van der Waals surface area contributed by atoms with Gasteiger partial charge in [-0.1, -0.05) is 50.1 Å². The quantitative estimate of drug-likeness (QED) is 0.594. The van der Waals surface area contributed by atoms with Crippen LogP contribution >= 0.6 is 0 Å². The molecular formula is C18H29N3O6S. The molecule has 1 aromatic heterocycles. The molecule has 0 bridgehead atoms. The van der Waals surface area contributed by atoms with Crippen molar-refractivity contribution in [2.24, 2.45) is 5.92 Å². The van der Waals surface area contributed by atoms with Gasteiger partial charge >= 0.3 is 11.9 Å². The second-order valence-corrected chi connectivity index (χ2v) is 9.95. The van der Waals surface area contributed by atoms with E-state index >= 15 is 0 Å². The molecule has 0 radical (unpaired) electrons. The lowest BCUT2D eigenvalue weighted by Crippen LogP contribution is -2.36. The maximum atomic E-state index is 12.1. The van der Waals surface area contributed by atoms with E-state index in [1.54, 1.807) is 0 Å². The lowest BCUT2D eigenvalue weighted by atomic mass is 9.84. The third-order valence-electron chi connectivity index (χ3n) is 5.16. The van der Waals surface area contributed by atoms with Crippen LogP contribution in [0, 0.1) is 5.92 Å². The first kappa shape index (κ1) is 22.3. The highest BCUT2D eigenvalue weighted by Crippen LogP contribution is 2.31. The zero-order chi connectivity index (χ0) is 20.7. The first-order valence-corrected chi connectivity index (χ1v) is 11.3. The van der Waals surface area contributed by atoms with Gasteiger partial charge < -0.3 is 9.63 Å². The molecule has 2 rings (SSSR count). The van der Waals surface area contributed by atoms with Crippen molar-refractivity contribution in [1.29, 1.82) is 0 Å². The fourth-order valence-corrected chi connectivity index (χ4v) is 4.02. The average molecular weight is 416 g/mol. The number of aromatic nitrogens is 2. The topological polar surface area (TPSA) is 139 Å². The third kappa shape index (κ3) is 6.57. The number of amides is 1. The predicted octanol–water partition coefficient (Wildman–Crippen LogP) is 2.85. The summed E-state index contributed by atoms with van der Waals surface area (Å²) in [4.78, 5) is 27.2. The molecule has 0 saturated heterocycles. The van der Waals surface area contributed by atoms with Crippen LogP contribution < -0.4 is 4.72 Å². The minimum absolute atomic E-state index is 0.0538. The molecule has 10 heteroatoms. The van der Waals surface area contributed by atoms with Gasteiger partial charge in [-0.3, -0.25) is 9.59 Å². The normalized spacial score (nSPS) is 16.8. The van der Waals surface area contributed by atoms with E-state index in [9.17, 15) is 23.1 Å². The van der Waals surface area contributed by atoms with Crippen molar-refractivity contribution in [2.75, 3.05) is 0 Å². The summed E-state index contributed by atoms with van der Waals surface area (Å²) in [6.45, 7) is 2.87. The van der Waals surface area contributed by atoms with Crippen LogP contribution in [-0.4, -0.2) is 40.8 Å². The molecule has 1 fully saturated rings. The highest BCUT2D eigenvalue weighted by Gasteiger charge is 2.27.